The minimum absolute atomic E-state index is 0.0628. The SMILES string of the molecule is CN[C@@H]1[C@H](O)[C@H](NC)[C@H]2O[C@]3(O)[C@H](OC2[C@H]1O)O[C@H](C)C[C@@]3(O)CNCCN1CCOCC1. The van der Waals surface area contributed by atoms with E-state index in [-0.39, 0.29) is 13.0 Å². The minimum Gasteiger partial charge on any atom is -0.390 e. The van der Waals surface area contributed by atoms with Crippen molar-refractivity contribution in [3.63, 3.8) is 0 Å². The Morgan fingerprint density at radius 1 is 0.970 bits per heavy atom. The van der Waals surface area contributed by atoms with Gasteiger partial charge in [0, 0.05) is 39.1 Å². The molecule has 12 heteroatoms. The van der Waals surface area contributed by atoms with Gasteiger partial charge in [-0.3, -0.25) is 4.90 Å². The van der Waals surface area contributed by atoms with Crippen molar-refractivity contribution in [2.24, 2.45) is 0 Å². The highest BCUT2D eigenvalue weighted by Crippen LogP contribution is 2.46. The summed E-state index contributed by atoms with van der Waals surface area (Å²) < 4.78 is 23.3. The number of aliphatic hydroxyl groups is 4. The Labute approximate surface area is 194 Å². The zero-order valence-electron chi connectivity index (χ0n) is 19.6. The Morgan fingerprint density at radius 3 is 2.33 bits per heavy atom. The van der Waals surface area contributed by atoms with E-state index < -0.39 is 60.3 Å². The van der Waals surface area contributed by atoms with Gasteiger partial charge in [-0.25, -0.2) is 0 Å². The molecule has 192 valence electrons. The van der Waals surface area contributed by atoms with E-state index in [2.05, 4.69) is 20.9 Å². The molecule has 4 aliphatic rings. The molecule has 10 atom stereocenters. The smallest absolute Gasteiger partial charge is 0.249 e. The Morgan fingerprint density at radius 2 is 1.67 bits per heavy atom. The zero-order chi connectivity index (χ0) is 23.8. The predicted octanol–water partition coefficient (Wildman–Crippen LogP) is -3.84. The van der Waals surface area contributed by atoms with Crippen molar-refractivity contribution >= 4 is 0 Å². The predicted molar refractivity (Wildman–Crippen MR) is 116 cm³/mol. The molecule has 0 aromatic rings. The third kappa shape index (κ3) is 4.69. The lowest BCUT2D eigenvalue weighted by atomic mass is 9.77. The summed E-state index contributed by atoms with van der Waals surface area (Å²) in [7, 11) is 3.30. The number of ether oxygens (including phenoxy) is 4. The average molecular weight is 477 g/mol. The molecule has 3 aliphatic heterocycles. The first-order chi connectivity index (χ1) is 15.7. The first-order valence-electron chi connectivity index (χ1n) is 11.9. The van der Waals surface area contributed by atoms with Gasteiger partial charge in [0.15, 0.2) is 0 Å². The molecule has 12 nitrogen and oxygen atoms in total. The Balaban J connectivity index is 1.48. The van der Waals surface area contributed by atoms with Crippen LogP contribution in [-0.2, 0) is 18.9 Å². The van der Waals surface area contributed by atoms with Crippen molar-refractivity contribution in [1.82, 2.24) is 20.9 Å². The van der Waals surface area contributed by atoms with Crippen LogP contribution >= 0.6 is 0 Å². The molecule has 4 fully saturated rings. The highest BCUT2D eigenvalue weighted by molar-refractivity contribution is 5.12. The molecular weight excluding hydrogens is 436 g/mol. The van der Waals surface area contributed by atoms with E-state index in [1.807, 2.05) is 0 Å². The fraction of sp³-hybridized carbons (Fsp3) is 1.00. The second-order valence-corrected chi connectivity index (χ2v) is 9.63. The summed E-state index contributed by atoms with van der Waals surface area (Å²) in [5.74, 6) is -2.19. The van der Waals surface area contributed by atoms with E-state index >= 15 is 0 Å². The molecule has 1 unspecified atom stereocenters. The average Bonchev–Trinajstić information content (AvgIpc) is 2.78. The number of aliphatic hydroxyl groups excluding tert-OH is 2. The number of nitrogens with one attached hydrogen (secondary N) is 3. The first kappa shape index (κ1) is 25.6. The quantitative estimate of drug-likeness (QED) is 0.180. The highest BCUT2D eigenvalue weighted by Gasteiger charge is 2.68. The summed E-state index contributed by atoms with van der Waals surface area (Å²) in [5.41, 5.74) is -1.71. The number of fused-ring (bicyclic) bond motifs is 2. The van der Waals surface area contributed by atoms with Crippen LogP contribution in [-0.4, -0.2) is 146 Å². The maximum Gasteiger partial charge on any atom is 0.249 e. The van der Waals surface area contributed by atoms with Crippen LogP contribution in [0.2, 0.25) is 0 Å². The van der Waals surface area contributed by atoms with Crippen LogP contribution in [0.1, 0.15) is 13.3 Å². The summed E-state index contributed by atoms with van der Waals surface area (Å²) in [5, 5.41) is 54.0. The lowest BCUT2D eigenvalue weighted by Gasteiger charge is -2.60. The lowest BCUT2D eigenvalue weighted by molar-refractivity contribution is -0.482. The topological polar surface area (TPSA) is 157 Å². The fourth-order valence-corrected chi connectivity index (χ4v) is 5.59. The number of nitrogens with zero attached hydrogens (tertiary/aromatic N) is 1. The van der Waals surface area contributed by atoms with Gasteiger partial charge in [-0.15, -0.1) is 0 Å². The molecular formula is C21H40N4O8. The zero-order valence-corrected chi connectivity index (χ0v) is 19.6. The van der Waals surface area contributed by atoms with Gasteiger partial charge < -0.3 is 55.3 Å². The molecule has 33 heavy (non-hydrogen) atoms. The Bertz CT molecular complexity index is 658. The largest absolute Gasteiger partial charge is 0.390 e. The third-order valence-electron chi connectivity index (χ3n) is 7.47. The molecule has 0 spiro atoms. The van der Waals surface area contributed by atoms with Gasteiger partial charge in [-0.2, -0.15) is 0 Å². The van der Waals surface area contributed by atoms with E-state index in [4.69, 9.17) is 18.9 Å². The summed E-state index contributed by atoms with van der Waals surface area (Å²) >= 11 is 0. The molecule has 0 bridgehead atoms. The van der Waals surface area contributed by atoms with Crippen molar-refractivity contribution < 1.29 is 39.4 Å². The van der Waals surface area contributed by atoms with Gasteiger partial charge >= 0.3 is 0 Å². The van der Waals surface area contributed by atoms with Crippen LogP contribution in [0, 0.1) is 0 Å². The third-order valence-corrected chi connectivity index (χ3v) is 7.47. The number of rotatable bonds is 7. The lowest BCUT2D eigenvalue weighted by Crippen LogP contribution is -2.81. The molecule has 1 aliphatic carbocycles. The number of morpholine rings is 1. The number of likely N-dealkylation sites (N-methyl/N-ethyl adjacent to an activating group) is 2. The van der Waals surface area contributed by atoms with Crippen molar-refractivity contribution in [3.05, 3.63) is 0 Å². The second kappa shape index (κ2) is 10.2. The standard InChI is InChI=1S/C21H40N4O8/c1-12-10-20(28,11-24-4-5-25-6-8-30-9-7-25)21(29)19(31-12)32-18-16(27)13(22-2)15(26)14(23-3)17(18)33-21/h12-19,22-24,26-29H,4-11H2,1-3H3/t12-,13-,14+,15+,16+,17-,18?,19+,20-,21-/m1/s1. The van der Waals surface area contributed by atoms with Crippen LogP contribution in [0.5, 0.6) is 0 Å². The monoisotopic (exact) mass is 476 g/mol. The minimum atomic E-state index is -2.19. The molecule has 1 saturated carbocycles. The molecule has 0 amide bonds. The van der Waals surface area contributed by atoms with Crippen molar-refractivity contribution in [1.29, 1.82) is 0 Å². The number of hydrogen-bond donors (Lipinski definition) is 7. The van der Waals surface area contributed by atoms with Crippen molar-refractivity contribution in [2.75, 3.05) is 60.0 Å². The van der Waals surface area contributed by atoms with E-state index in [1.165, 1.54) is 0 Å². The van der Waals surface area contributed by atoms with Gasteiger partial charge in [0.2, 0.25) is 12.1 Å². The van der Waals surface area contributed by atoms with Crippen molar-refractivity contribution in [3.8, 4) is 0 Å². The summed E-state index contributed by atoms with van der Waals surface area (Å²) in [4.78, 5) is 2.27. The molecule has 0 aromatic carbocycles. The summed E-state index contributed by atoms with van der Waals surface area (Å²) in [6.07, 6.45) is -5.49. The van der Waals surface area contributed by atoms with Gasteiger partial charge in [-0.05, 0) is 21.0 Å². The normalized spacial score (nSPS) is 48.8. The maximum atomic E-state index is 11.6. The van der Waals surface area contributed by atoms with Gasteiger partial charge in [0.05, 0.1) is 37.5 Å². The van der Waals surface area contributed by atoms with Crippen LogP contribution < -0.4 is 16.0 Å². The summed E-state index contributed by atoms with van der Waals surface area (Å²) in [6.45, 7) is 6.43. The maximum absolute atomic E-state index is 11.6. The van der Waals surface area contributed by atoms with Crippen LogP contribution in [0.4, 0.5) is 0 Å². The van der Waals surface area contributed by atoms with Gasteiger partial charge in [-0.1, -0.05) is 0 Å². The molecule has 7 N–H and O–H groups in total. The van der Waals surface area contributed by atoms with E-state index in [0.717, 1.165) is 19.6 Å². The summed E-state index contributed by atoms with van der Waals surface area (Å²) in [6, 6.07) is -1.32. The highest BCUT2D eigenvalue weighted by atomic mass is 16.8. The molecule has 4 rings (SSSR count). The van der Waals surface area contributed by atoms with Crippen LogP contribution in [0.3, 0.4) is 0 Å². The molecule has 0 radical (unpaired) electrons. The van der Waals surface area contributed by atoms with Crippen molar-refractivity contribution in [2.45, 2.75) is 73.6 Å². The van der Waals surface area contributed by atoms with E-state index in [1.54, 1.807) is 21.0 Å². The second-order valence-electron chi connectivity index (χ2n) is 9.63. The van der Waals surface area contributed by atoms with E-state index in [0.29, 0.717) is 19.8 Å². The fourth-order valence-electron chi connectivity index (χ4n) is 5.59. The van der Waals surface area contributed by atoms with Gasteiger partial charge in [0.1, 0.15) is 23.9 Å². The Kier molecular flexibility index (Phi) is 7.95. The van der Waals surface area contributed by atoms with Crippen LogP contribution in [0.15, 0.2) is 0 Å². The molecule has 3 saturated heterocycles. The van der Waals surface area contributed by atoms with Crippen LogP contribution in [0.25, 0.3) is 0 Å². The van der Waals surface area contributed by atoms with E-state index in [9.17, 15) is 20.4 Å². The van der Waals surface area contributed by atoms with Gasteiger partial charge in [0.25, 0.3) is 0 Å². The first-order valence-corrected chi connectivity index (χ1v) is 11.9. The molecule has 0 aromatic heterocycles. The Hall–Kier alpha value is -0.480. The molecule has 3 heterocycles. The number of hydrogen-bond acceptors (Lipinski definition) is 12.